The Bertz CT molecular complexity index is 463. The Labute approximate surface area is 107 Å². The van der Waals surface area contributed by atoms with Gasteiger partial charge in [-0.3, -0.25) is 4.79 Å². The number of carbonyl (C=O) groups is 1. The third-order valence-electron chi connectivity index (χ3n) is 2.15. The summed E-state index contributed by atoms with van der Waals surface area (Å²) in [4.78, 5) is 11.6. The Morgan fingerprint density at radius 3 is 2.63 bits per heavy atom. The minimum Gasteiger partial charge on any atom is -0.404 e. The van der Waals surface area contributed by atoms with Crippen molar-refractivity contribution in [3.8, 4) is 5.75 Å². The van der Waals surface area contributed by atoms with Gasteiger partial charge in [-0.05, 0) is 25.1 Å². The molecule has 1 aromatic rings. The predicted octanol–water partition coefficient (Wildman–Crippen LogP) is 1.28. The van der Waals surface area contributed by atoms with Crippen LogP contribution >= 0.6 is 0 Å². The van der Waals surface area contributed by atoms with E-state index in [2.05, 4.69) is 10.1 Å². The number of anilines is 1. The van der Waals surface area contributed by atoms with Crippen LogP contribution in [0.1, 0.15) is 17.3 Å². The Kier molecular flexibility index (Phi) is 4.60. The molecule has 0 aliphatic heterocycles. The lowest BCUT2D eigenvalue weighted by Crippen LogP contribution is -2.35. The summed E-state index contributed by atoms with van der Waals surface area (Å²) in [5, 5.41) is 11.2. The summed E-state index contributed by atoms with van der Waals surface area (Å²) >= 11 is 0. The number of alkyl halides is 3. The van der Waals surface area contributed by atoms with Gasteiger partial charge in [-0.15, -0.1) is 13.2 Å². The second-order valence-electron chi connectivity index (χ2n) is 3.86. The van der Waals surface area contributed by atoms with Gasteiger partial charge in [-0.25, -0.2) is 0 Å². The Morgan fingerprint density at radius 1 is 1.53 bits per heavy atom. The van der Waals surface area contributed by atoms with Gasteiger partial charge in [-0.1, -0.05) is 0 Å². The summed E-state index contributed by atoms with van der Waals surface area (Å²) in [7, 11) is 0. The van der Waals surface area contributed by atoms with Gasteiger partial charge in [0.1, 0.15) is 0 Å². The monoisotopic (exact) mass is 278 g/mol. The molecule has 0 heterocycles. The molecule has 1 amide bonds. The van der Waals surface area contributed by atoms with Crippen molar-refractivity contribution >= 4 is 11.6 Å². The summed E-state index contributed by atoms with van der Waals surface area (Å²) < 4.78 is 39.7. The standard InChI is InChI=1S/C11H13F3N2O3/c1-6(5-17)16-10(18)7-2-3-9(8(15)4-7)19-11(12,13)14/h2-4,6,17H,5,15H2,1H3,(H,16,18). The van der Waals surface area contributed by atoms with Crippen LogP contribution in [0.3, 0.4) is 0 Å². The van der Waals surface area contributed by atoms with Crippen LogP contribution in [-0.4, -0.2) is 30.0 Å². The number of aliphatic hydroxyl groups is 1. The van der Waals surface area contributed by atoms with Crippen molar-refractivity contribution in [2.24, 2.45) is 0 Å². The molecule has 19 heavy (non-hydrogen) atoms. The number of benzene rings is 1. The number of nitrogens with one attached hydrogen (secondary N) is 1. The van der Waals surface area contributed by atoms with Crippen molar-refractivity contribution < 1.29 is 27.8 Å². The minimum atomic E-state index is -4.84. The zero-order valence-electron chi connectivity index (χ0n) is 9.99. The Hall–Kier alpha value is -1.96. The molecule has 1 atom stereocenters. The molecule has 8 heteroatoms. The number of hydrogen-bond donors (Lipinski definition) is 3. The average Bonchev–Trinajstić information content (AvgIpc) is 2.29. The van der Waals surface area contributed by atoms with Crippen molar-refractivity contribution in [2.45, 2.75) is 19.3 Å². The first-order chi connectivity index (χ1) is 8.73. The maximum atomic E-state index is 12.0. The van der Waals surface area contributed by atoms with E-state index >= 15 is 0 Å². The highest BCUT2D eigenvalue weighted by atomic mass is 19.4. The normalized spacial score (nSPS) is 12.9. The van der Waals surface area contributed by atoms with Crippen LogP contribution in [0.2, 0.25) is 0 Å². The van der Waals surface area contributed by atoms with Gasteiger partial charge in [-0.2, -0.15) is 0 Å². The molecule has 106 valence electrons. The van der Waals surface area contributed by atoms with E-state index in [1.54, 1.807) is 6.92 Å². The van der Waals surface area contributed by atoms with Crippen LogP contribution in [0.5, 0.6) is 5.75 Å². The van der Waals surface area contributed by atoms with E-state index in [1.165, 1.54) is 0 Å². The van der Waals surface area contributed by atoms with Crippen molar-refractivity contribution in [1.29, 1.82) is 0 Å². The molecule has 0 radical (unpaired) electrons. The van der Waals surface area contributed by atoms with E-state index in [9.17, 15) is 18.0 Å². The number of carbonyl (C=O) groups excluding carboxylic acids is 1. The average molecular weight is 278 g/mol. The fourth-order valence-corrected chi connectivity index (χ4v) is 1.26. The van der Waals surface area contributed by atoms with Gasteiger partial charge in [0.05, 0.1) is 12.3 Å². The van der Waals surface area contributed by atoms with E-state index < -0.39 is 24.1 Å². The molecule has 0 aliphatic carbocycles. The number of ether oxygens (including phenoxy) is 1. The van der Waals surface area contributed by atoms with Crippen LogP contribution in [0, 0.1) is 0 Å². The van der Waals surface area contributed by atoms with E-state index in [-0.39, 0.29) is 17.9 Å². The first-order valence-corrected chi connectivity index (χ1v) is 5.30. The highest BCUT2D eigenvalue weighted by molar-refractivity contribution is 5.95. The molecule has 1 unspecified atom stereocenters. The fraction of sp³-hybridized carbons (Fsp3) is 0.364. The number of hydrogen-bond acceptors (Lipinski definition) is 4. The van der Waals surface area contributed by atoms with Crippen molar-refractivity contribution in [3.05, 3.63) is 23.8 Å². The van der Waals surface area contributed by atoms with Gasteiger partial charge < -0.3 is 20.9 Å². The summed E-state index contributed by atoms with van der Waals surface area (Å²) in [6.07, 6.45) is -4.84. The third kappa shape index (κ3) is 4.66. The molecule has 1 aromatic carbocycles. The lowest BCUT2D eigenvalue weighted by Gasteiger charge is -2.13. The highest BCUT2D eigenvalue weighted by Gasteiger charge is 2.32. The number of nitrogens with two attached hydrogens (primary N) is 1. The highest BCUT2D eigenvalue weighted by Crippen LogP contribution is 2.28. The molecule has 5 nitrogen and oxygen atoms in total. The number of aliphatic hydroxyl groups excluding tert-OH is 1. The summed E-state index contributed by atoms with van der Waals surface area (Å²) in [6.45, 7) is 1.32. The molecule has 0 spiro atoms. The predicted molar refractivity (Wildman–Crippen MR) is 61.6 cm³/mol. The molecule has 0 bridgehead atoms. The Balaban J connectivity index is 2.85. The van der Waals surface area contributed by atoms with Gasteiger partial charge in [0.2, 0.25) is 0 Å². The second kappa shape index (κ2) is 5.79. The molecular formula is C11H13F3N2O3. The van der Waals surface area contributed by atoms with E-state index in [0.29, 0.717) is 0 Å². The number of rotatable bonds is 4. The molecule has 0 aliphatic rings. The smallest absolute Gasteiger partial charge is 0.404 e. The topological polar surface area (TPSA) is 84.6 Å². The van der Waals surface area contributed by atoms with Crippen LogP contribution in [0.25, 0.3) is 0 Å². The van der Waals surface area contributed by atoms with Crippen molar-refractivity contribution in [2.75, 3.05) is 12.3 Å². The maximum absolute atomic E-state index is 12.0. The van der Waals surface area contributed by atoms with Crippen LogP contribution in [-0.2, 0) is 0 Å². The maximum Gasteiger partial charge on any atom is 0.573 e. The minimum absolute atomic E-state index is 0.0762. The molecule has 4 N–H and O–H groups in total. The molecular weight excluding hydrogens is 265 g/mol. The molecule has 0 saturated carbocycles. The van der Waals surface area contributed by atoms with Gasteiger partial charge in [0, 0.05) is 11.6 Å². The fourth-order valence-electron chi connectivity index (χ4n) is 1.26. The van der Waals surface area contributed by atoms with Crippen LogP contribution in [0.4, 0.5) is 18.9 Å². The third-order valence-corrected chi connectivity index (χ3v) is 2.15. The van der Waals surface area contributed by atoms with E-state index in [4.69, 9.17) is 10.8 Å². The Morgan fingerprint density at radius 2 is 2.16 bits per heavy atom. The van der Waals surface area contributed by atoms with E-state index in [0.717, 1.165) is 18.2 Å². The van der Waals surface area contributed by atoms with Crippen molar-refractivity contribution in [1.82, 2.24) is 5.32 Å². The number of nitrogen functional groups attached to an aromatic ring is 1. The lowest BCUT2D eigenvalue weighted by atomic mass is 10.1. The first-order valence-electron chi connectivity index (χ1n) is 5.30. The molecule has 0 aromatic heterocycles. The SMILES string of the molecule is CC(CO)NC(=O)c1ccc(OC(F)(F)F)c(N)c1. The lowest BCUT2D eigenvalue weighted by molar-refractivity contribution is -0.274. The van der Waals surface area contributed by atoms with E-state index in [1.807, 2.05) is 0 Å². The summed E-state index contributed by atoms with van der Waals surface area (Å²) in [5.41, 5.74) is 5.15. The largest absolute Gasteiger partial charge is 0.573 e. The van der Waals surface area contributed by atoms with Gasteiger partial charge in [0.25, 0.3) is 5.91 Å². The zero-order chi connectivity index (χ0) is 14.6. The summed E-state index contributed by atoms with van der Waals surface area (Å²) in [6, 6.07) is 2.71. The first kappa shape index (κ1) is 15.1. The van der Waals surface area contributed by atoms with Crippen LogP contribution < -0.4 is 15.8 Å². The summed E-state index contributed by atoms with van der Waals surface area (Å²) in [5.74, 6) is -1.12. The van der Waals surface area contributed by atoms with Crippen LogP contribution in [0.15, 0.2) is 18.2 Å². The quantitative estimate of drug-likeness (QED) is 0.724. The molecule has 0 fully saturated rings. The zero-order valence-corrected chi connectivity index (χ0v) is 9.99. The second-order valence-corrected chi connectivity index (χ2v) is 3.86. The number of halogens is 3. The van der Waals surface area contributed by atoms with Crippen molar-refractivity contribution in [3.63, 3.8) is 0 Å². The van der Waals surface area contributed by atoms with Gasteiger partial charge >= 0.3 is 6.36 Å². The van der Waals surface area contributed by atoms with Gasteiger partial charge in [0.15, 0.2) is 5.75 Å². The molecule has 1 rings (SSSR count). The molecule has 0 saturated heterocycles. The number of amides is 1.